The number of halogens is 2. The molecule has 4 nitrogen and oxygen atoms in total. The molecule has 3 rings (SSSR count). The molecule has 1 atom stereocenters. The third-order valence-corrected chi connectivity index (χ3v) is 4.37. The number of carbonyl (C=O) groups excluding carboxylic acids is 1. The van der Waals surface area contributed by atoms with Gasteiger partial charge in [0.15, 0.2) is 0 Å². The Morgan fingerprint density at radius 3 is 3.00 bits per heavy atom. The number of nitrogens with one attached hydrogen (secondary N) is 1. The molecule has 1 amide bonds. The molecule has 114 valence electrons. The van der Waals surface area contributed by atoms with Crippen LogP contribution in [0.4, 0.5) is 5.69 Å². The summed E-state index contributed by atoms with van der Waals surface area (Å²) < 4.78 is 5.73. The van der Waals surface area contributed by atoms with Gasteiger partial charge < -0.3 is 10.1 Å². The molecule has 0 saturated heterocycles. The second kappa shape index (κ2) is 6.65. The Bertz CT molecular complexity index is 706. The molecule has 1 N–H and O–H groups in total. The van der Waals surface area contributed by atoms with Crippen LogP contribution in [-0.4, -0.2) is 17.5 Å². The predicted molar refractivity (Wildman–Crippen MR) is 86.3 cm³/mol. The number of hydrogen-bond acceptors (Lipinski definition) is 3. The highest BCUT2D eigenvalue weighted by Gasteiger charge is 2.23. The van der Waals surface area contributed by atoms with E-state index in [1.807, 2.05) is 18.2 Å². The number of benzene rings is 1. The molecule has 1 unspecified atom stereocenters. The first-order chi connectivity index (χ1) is 10.6. The van der Waals surface area contributed by atoms with Crippen LogP contribution >= 0.6 is 23.2 Å². The Hall–Kier alpha value is -1.62. The topological polar surface area (TPSA) is 51.2 Å². The van der Waals surface area contributed by atoms with E-state index in [1.54, 1.807) is 0 Å². The zero-order valence-electron chi connectivity index (χ0n) is 11.7. The van der Waals surface area contributed by atoms with Gasteiger partial charge in [-0.15, -0.1) is 0 Å². The molecule has 1 aromatic heterocycles. The largest absolute Gasteiger partial charge is 0.373 e. The summed E-state index contributed by atoms with van der Waals surface area (Å²) in [5, 5.41) is 3.32. The van der Waals surface area contributed by atoms with E-state index in [4.69, 9.17) is 27.9 Å². The number of carbonyl (C=O) groups is 1. The number of pyridine rings is 1. The molecule has 0 radical (unpaired) electrons. The summed E-state index contributed by atoms with van der Waals surface area (Å²) in [5.74, 6) is -0.187. The first-order valence-electron chi connectivity index (χ1n) is 6.93. The van der Waals surface area contributed by atoms with Gasteiger partial charge in [0.05, 0.1) is 41.1 Å². The van der Waals surface area contributed by atoms with Crippen molar-refractivity contribution in [3.05, 3.63) is 57.8 Å². The number of nitrogens with zero attached hydrogens (tertiary/aromatic N) is 1. The van der Waals surface area contributed by atoms with Crippen molar-refractivity contribution in [1.29, 1.82) is 0 Å². The minimum absolute atomic E-state index is 0.187. The number of rotatable bonds is 3. The zero-order valence-corrected chi connectivity index (χ0v) is 13.2. The van der Waals surface area contributed by atoms with Gasteiger partial charge in [-0.1, -0.05) is 47.5 Å². The number of ether oxygens (including phenoxy) is 1. The molecule has 0 bridgehead atoms. The van der Waals surface area contributed by atoms with Crippen molar-refractivity contribution in [2.75, 3.05) is 11.9 Å². The fourth-order valence-corrected chi connectivity index (χ4v) is 2.82. The molecule has 1 aromatic carbocycles. The van der Waals surface area contributed by atoms with Crippen molar-refractivity contribution in [3.63, 3.8) is 0 Å². The third-order valence-electron chi connectivity index (χ3n) is 3.57. The first-order valence-corrected chi connectivity index (χ1v) is 7.69. The van der Waals surface area contributed by atoms with Gasteiger partial charge in [-0.05, 0) is 17.5 Å². The number of fused-ring (bicyclic) bond motifs is 1. The Kier molecular flexibility index (Phi) is 4.62. The Morgan fingerprint density at radius 1 is 1.32 bits per heavy atom. The summed E-state index contributed by atoms with van der Waals surface area (Å²) in [7, 11) is 0. The lowest BCUT2D eigenvalue weighted by Crippen LogP contribution is -2.22. The molecule has 1 aliphatic heterocycles. The van der Waals surface area contributed by atoms with Crippen molar-refractivity contribution in [2.24, 2.45) is 0 Å². The van der Waals surface area contributed by atoms with E-state index >= 15 is 0 Å². The van der Waals surface area contributed by atoms with Crippen molar-refractivity contribution in [1.82, 2.24) is 4.98 Å². The highest BCUT2D eigenvalue weighted by molar-refractivity contribution is 6.43. The summed E-state index contributed by atoms with van der Waals surface area (Å²) in [4.78, 5) is 16.2. The van der Waals surface area contributed by atoms with E-state index in [9.17, 15) is 4.79 Å². The highest BCUT2D eigenvalue weighted by atomic mass is 35.5. The van der Waals surface area contributed by atoms with Crippen LogP contribution in [0.5, 0.6) is 0 Å². The van der Waals surface area contributed by atoms with Gasteiger partial charge in [-0.3, -0.25) is 9.78 Å². The molecule has 2 heterocycles. The average molecular weight is 337 g/mol. The van der Waals surface area contributed by atoms with E-state index < -0.39 is 0 Å². The maximum Gasteiger partial charge on any atom is 0.227 e. The van der Waals surface area contributed by atoms with Crippen LogP contribution in [-0.2, 0) is 16.0 Å². The summed E-state index contributed by atoms with van der Waals surface area (Å²) in [6, 6.07) is 8.02. The van der Waals surface area contributed by atoms with Crippen LogP contribution in [0.1, 0.15) is 23.7 Å². The quantitative estimate of drug-likeness (QED) is 0.920. The maximum atomic E-state index is 12.2. The van der Waals surface area contributed by atoms with Gasteiger partial charge in [0.2, 0.25) is 5.91 Å². The second-order valence-corrected chi connectivity index (χ2v) is 5.83. The van der Waals surface area contributed by atoms with E-state index in [2.05, 4.69) is 16.4 Å². The number of anilines is 1. The van der Waals surface area contributed by atoms with Crippen molar-refractivity contribution in [3.8, 4) is 0 Å². The predicted octanol–water partition coefficient (Wildman–Crippen LogP) is 4.03. The summed E-state index contributed by atoms with van der Waals surface area (Å²) >= 11 is 11.9. The second-order valence-electron chi connectivity index (χ2n) is 5.04. The van der Waals surface area contributed by atoms with Gasteiger partial charge in [-0.25, -0.2) is 0 Å². The van der Waals surface area contributed by atoms with E-state index in [1.165, 1.54) is 18.0 Å². The van der Waals surface area contributed by atoms with Crippen molar-refractivity contribution >= 4 is 34.8 Å². The van der Waals surface area contributed by atoms with Crippen LogP contribution in [0.3, 0.4) is 0 Å². The van der Waals surface area contributed by atoms with Gasteiger partial charge in [-0.2, -0.15) is 0 Å². The normalized spacial score (nSPS) is 16.9. The molecule has 0 aliphatic carbocycles. The van der Waals surface area contributed by atoms with E-state index in [-0.39, 0.29) is 23.5 Å². The minimum Gasteiger partial charge on any atom is -0.373 e. The van der Waals surface area contributed by atoms with Gasteiger partial charge >= 0.3 is 0 Å². The molecule has 0 spiro atoms. The standard InChI is InChI=1S/C16H14Cl2N2O2/c17-12-8-19-9-13(16(12)18)20-15(21)7-14-11-4-2-1-3-10(11)5-6-22-14/h1-4,8-9,14H,5-7H2,(H,20,21). The Balaban J connectivity index is 1.72. The number of amides is 1. The fourth-order valence-electron chi connectivity index (χ4n) is 2.52. The van der Waals surface area contributed by atoms with Crippen LogP contribution in [0.15, 0.2) is 36.7 Å². The smallest absolute Gasteiger partial charge is 0.227 e. The zero-order chi connectivity index (χ0) is 15.5. The van der Waals surface area contributed by atoms with Crippen LogP contribution in [0.25, 0.3) is 0 Å². The van der Waals surface area contributed by atoms with Gasteiger partial charge in [0, 0.05) is 6.20 Å². The Morgan fingerprint density at radius 2 is 2.14 bits per heavy atom. The van der Waals surface area contributed by atoms with E-state index in [0.717, 1.165) is 12.0 Å². The molecule has 2 aromatic rings. The van der Waals surface area contributed by atoms with Gasteiger partial charge in [0.25, 0.3) is 0 Å². The highest BCUT2D eigenvalue weighted by Crippen LogP contribution is 2.31. The lowest BCUT2D eigenvalue weighted by atomic mass is 9.95. The van der Waals surface area contributed by atoms with Crippen molar-refractivity contribution < 1.29 is 9.53 Å². The van der Waals surface area contributed by atoms with Gasteiger partial charge in [0.1, 0.15) is 0 Å². The van der Waals surface area contributed by atoms with E-state index in [0.29, 0.717) is 17.3 Å². The number of hydrogen-bond donors (Lipinski definition) is 1. The van der Waals surface area contributed by atoms with Crippen LogP contribution < -0.4 is 5.32 Å². The molecular formula is C16H14Cl2N2O2. The first kappa shape index (κ1) is 15.3. The minimum atomic E-state index is -0.240. The molecule has 0 fully saturated rings. The molecule has 6 heteroatoms. The summed E-state index contributed by atoms with van der Waals surface area (Å²) in [6.45, 7) is 0.619. The van der Waals surface area contributed by atoms with Crippen LogP contribution in [0.2, 0.25) is 10.0 Å². The third kappa shape index (κ3) is 3.24. The average Bonchev–Trinajstić information content (AvgIpc) is 2.52. The summed E-state index contributed by atoms with van der Waals surface area (Å²) in [5.41, 5.74) is 2.71. The molecule has 0 saturated carbocycles. The number of aromatic nitrogens is 1. The lowest BCUT2D eigenvalue weighted by molar-refractivity contribution is -0.119. The van der Waals surface area contributed by atoms with Crippen molar-refractivity contribution in [2.45, 2.75) is 18.9 Å². The molecule has 1 aliphatic rings. The maximum absolute atomic E-state index is 12.2. The molecular weight excluding hydrogens is 323 g/mol. The molecule has 22 heavy (non-hydrogen) atoms. The summed E-state index contributed by atoms with van der Waals surface area (Å²) in [6.07, 6.45) is 3.76. The fraction of sp³-hybridized carbons (Fsp3) is 0.250. The SMILES string of the molecule is O=C(CC1OCCc2ccccc21)Nc1cncc(Cl)c1Cl. The lowest BCUT2D eigenvalue weighted by Gasteiger charge is -2.25. The Labute approximate surface area is 138 Å². The monoisotopic (exact) mass is 336 g/mol. The van der Waals surface area contributed by atoms with Crippen LogP contribution in [0, 0.1) is 0 Å².